The Bertz CT molecular complexity index is 531. The molecule has 0 saturated heterocycles. The third kappa shape index (κ3) is 1.41. The first-order chi connectivity index (χ1) is 7.16. The van der Waals surface area contributed by atoms with Crippen LogP contribution in [0, 0.1) is 0 Å². The van der Waals surface area contributed by atoms with E-state index in [-0.39, 0.29) is 0 Å². The zero-order chi connectivity index (χ0) is 11.0. The maximum Gasteiger partial charge on any atom is 0.339 e. The molecular weight excluding hydrogens is 210 g/mol. The molecule has 2 aromatic rings. The van der Waals surface area contributed by atoms with Crippen molar-refractivity contribution in [3.05, 3.63) is 29.8 Å². The molecule has 1 heterocycles. The minimum absolute atomic E-state index is 0.403. The second kappa shape index (κ2) is 3.62. The fourth-order valence-electron chi connectivity index (χ4n) is 1.82. The average molecular weight is 221 g/mol. The van der Waals surface area contributed by atoms with Gasteiger partial charge in [0.2, 0.25) is 0 Å². The highest BCUT2D eigenvalue weighted by atomic mass is 32.2. The Morgan fingerprint density at radius 3 is 2.67 bits per heavy atom. The minimum atomic E-state index is -0.865. The van der Waals surface area contributed by atoms with Crippen molar-refractivity contribution in [1.29, 1.82) is 0 Å². The first kappa shape index (κ1) is 10.1. The van der Waals surface area contributed by atoms with E-state index in [4.69, 9.17) is 0 Å². The largest absolute Gasteiger partial charge is 0.478 e. The summed E-state index contributed by atoms with van der Waals surface area (Å²) in [6, 6.07) is 7.55. The summed E-state index contributed by atoms with van der Waals surface area (Å²) in [5, 5.41) is 10.8. The Kier molecular flexibility index (Phi) is 2.44. The molecule has 0 spiro atoms. The van der Waals surface area contributed by atoms with Crippen LogP contribution in [0.2, 0.25) is 0 Å². The standard InChI is InChI=1S/C11H11NO2S/c1-12-8-6-4-3-5-7(8)9(11(13)14)10(12)15-2/h3-6H,1-2H3,(H,13,14). The number of hydrogen-bond donors (Lipinski definition) is 1. The Morgan fingerprint density at radius 1 is 1.40 bits per heavy atom. The van der Waals surface area contributed by atoms with Crippen LogP contribution in [0.3, 0.4) is 0 Å². The van der Waals surface area contributed by atoms with E-state index < -0.39 is 5.97 Å². The molecule has 1 N–H and O–H groups in total. The molecular formula is C11H11NO2S. The number of aromatic carboxylic acids is 1. The smallest absolute Gasteiger partial charge is 0.339 e. The number of fused-ring (bicyclic) bond motifs is 1. The molecule has 1 aromatic carbocycles. The van der Waals surface area contributed by atoms with Crippen molar-refractivity contribution < 1.29 is 9.90 Å². The zero-order valence-electron chi connectivity index (χ0n) is 8.52. The van der Waals surface area contributed by atoms with Crippen LogP contribution in [0.5, 0.6) is 0 Å². The summed E-state index contributed by atoms with van der Waals surface area (Å²) in [5.41, 5.74) is 1.36. The number of aromatic nitrogens is 1. The lowest BCUT2D eigenvalue weighted by molar-refractivity contribution is 0.0694. The summed E-state index contributed by atoms with van der Waals surface area (Å²) in [6.07, 6.45) is 1.89. The molecule has 0 bridgehead atoms. The highest BCUT2D eigenvalue weighted by Crippen LogP contribution is 2.30. The van der Waals surface area contributed by atoms with Gasteiger partial charge >= 0.3 is 5.97 Å². The molecule has 15 heavy (non-hydrogen) atoms. The molecule has 0 aliphatic rings. The first-order valence-electron chi connectivity index (χ1n) is 4.51. The van der Waals surface area contributed by atoms with Crippen LogP contribution in [-0.2, 0) is 7.05 Å². The molecule has 2 rings (SSSR count). The molecule has 3 nitrogen and oxygen atoms in total. The number of aryl methyl sites for hydroxylation is 1. The van der Waals surface area contributed by atoms with Crippen molar-refractivity contribution in [3.8, 4) is 0 Å². The predicted molar refractivity (Wildman–Crippen MR) is 61.7 cm³/mol. The summed E-state index contributed by atoms with van der Waals surface area (Å²) in [5.74, 6) is -0.865. The van der Waals surface area contributed by atoms with E-state index in [1.807, 2.05) is 42.1 Å². The third-order valence-corrected chi connectivity index (χ3v) is 3.33. The lowest BCUT2D eigenvalue weighted by atomic mass is 10.2. The predicted octanol–water partition coefficient (Wildman–Crippen LogP) is 2.60. The van der Waals surface area contributed by atoms with E-state index in [2.05, 4.69) is 0 Å². The van der Waals surface area contributed by atoms with Crippen LogP contribution < -0.4 is 0 Å². The Balaban J connectivity index is 2.91. The van der Waals surface area contributed by atoms with Crippen molar-refractivity contribution in [2.24, 2.45) is 7.05 Å². The molecule has 0 aliphatic carbocycles. The molecule has 1 aromatic heterocycles. The topological polar surface area (TPSA) is 42.2 Å². The maximum atomic E-state index is 11.2. The van der Waals surface area contributed by atoms with Gasteiger partial charge in [0.15, 0.2) is 0 Å². The van der Waals surface area contributed by atoms with Gasteiger partial charge in [-0.3, -0.25) is 0 Å². The molecule has 0 radical (unpaired) electrons. The molecule has 0 amide bonds. The van der Waals surface area contributed by atoms with Gasteiger partial charge < -0.3 is 9.67 Å². The van der Waals surface area contributed by atoms with Crippen molar-refractivity contribution in [3.63, 3.8) is 0 Å². The molecule has 0 atom stereocenters. The van der Waals surface area contributed by atoms with Crippen LogP contribution >= 0.6 is 11.8 Å². The van der Waals surface area contributed by atoms with Crippen molar-refractivity contribution in [2.45, 2.75) is 5.03 Å². The van der Waals surface area contributed by atoms with Crippen LogP contribution in [0.15, 0.2) is 29.3 Å². The lowest BCUT2D eigenvalue weighted by Gasteiger charge is -2.00. The first-order valence-corrected chi connectivity index (χ1v) is 5.74. The van der Waals surface area contributed by atoms with Gasteiger partial charge in [-0.15, -0.1) is 11.8 Å². The van der Waals surface area contributed by atoms with E-state index in [1.165, 1.54) is 11.8 Å². The molecule has 0 saturated carbocycles. The fraction of sp³-hybridized carbons (Fsp3) is 0.182. The fourth-order valence-corrected chi connectivity index (χ4v) is 2.59. The number of carboxylic acids is 1. The summed E-state index contributed by atoms with van der Waals surface area (Å²) in [6.45, 7) is 0. The molecule has 0 unspecified atom stereocenters. The van der Waals surface area contributed by atoms with Crippen LogP contribution in [-0.4, -0.2) is 21.9 Å². The van der Waals surface area contributed by atoms with Gasteiger partial charge in [0.1, 0.15) is 0 Å². The molecule has 78 valence electrons. The van der Waals surface area contributed by atoms with E-state index in [9.17, 15) is 9.90 Å². The van der Waals surface area contributed by atoms with E-state index >= 15 is 0 Å². The second-order valence-corrected chi connectivity index (χ2v) is 4.06. The van der Waals surface area contributed by atoms with E-state index in [0.29, 0.717) is 5.56 Å². The van der Waals surface area contributed by atoms with Crippen LogP contribution in [0.25, 0.3) is 10.9 Å². The lowest BCUT2D eigenvalue weighted by Crippen LogP contribution is -1.98. The number of carbonyl (C=O) groups is 1. The van der Waals surface area contributed by atoms with E-state index in [0.717, 1.165) is 15.9 Å². The summed E-state index contributed by atoms with van der Waals surface area (Å²) in [7, 11) is 1.89. The van der Waals surface area contributed by atoms with Gasteiger partial charge in [-0.1, -0.05) is 18.2 Å². The van der Waals surface area contributed by atoms with Crippen LogP contribution in [0.4, 0.5) is 0 Å². The number of nitrogens with zero attached hydrogens (tertiary/aromatic N) is 1. The summed E-state index contributed by atoms with van der Waals surface area (Å²) >= 11 is 1.46. The summed E-state index contributed by atoms with van der Waals surface area (Å²) in [4.78, 5) is 11.2. The number of rotatable bonds is 2. The van der Waals surface area contributed by atoms with Gasteiger partial charge in [0.05, 0.1) is 10.6 Å². The number of hydrogen-bond acceptors (Lipinski definition) is 2. The number of benzene rings is 1. The zero-order valence-corrected chi connectivity index (χ0v) is 9.34. The Morgan fingerprint density at radius 2 is 2.07 bits per heavy atom. The average Bonchev–Trinajstić information content (AvgIpc) is 2.52. The maximum absolute atomic E-state index is 11.2. The highest BCUT2D eigenvalue weighted by molar-refractivity contribution is 7.98. The van der Waals surface area contributed by atoms with Gasteiger partial charge in [0, 0.05) is 18.0 Å². The van der Waals surface area contributed by atoms with Crippen LogP contribution in [0.1, 0.15) is 10.4 Å². The van der Waals surface area contributed by atoms with Crippen molar-refractivity contribution in [2.75, 3.05) is 6.26 Å². The van der Waals surface area contributed by atoms with Gasteiger partial charge in [-0.25, -0.2) is 4.79 Å². The molecule has 4 heteroatoms. The van der Waals surface area contributed by atoms with Gasteiger partial charge in [0.25, 0.3) is 0 Å². The number of para-hydroxylation sites is 1. The van der Waals surface area contributed by atoms with Crippen molar-refractivity contribution >= 4 is 28.6 Å². The molecule has 0 aliphatic heterocycles. The quantitative estimate of drug-likeness (QED) is 0.792. The third-order valence-electron chi connectivity index (χ3n) is 2.46. The molecule has 0 fully saturated rings. The van der Waals surface area contributed by atoms with E-state index in [1.54, 1.807) is 0 Å². The van der Waals surface area contributed by atoms with Gasteiger partial charge in [-0.05, 0) is 12.3 Å². The normalized spacial score (nSPS) is 10.8. The number of thioether (sulfide) groups is 1. The Hall–Kier alpha value is -1.42. The minimum Gasteiger partial charge on any atom is -0.478 e. The monoisotopic (exact) mass is 221 g/mol. The Labute approximate surface area is 91.7 Å². The van der Waals surface area contributed by atoms with Crippen molar-refractivity contribution in [1.82, 2.24) is 4.57 Å². The second-order valence-electron chi connectivity index (χ2n) is 3.27. The SMILES string of the molecule is CSc1c(C(=O)O)c2ccccc2n1C. The van der Waals surface area contributed by atoms with Gasteiger partial charge in [-0.2, -0.15) is 0 Å². The number of carboxylic acid groups (broad SMARTS) is 1. The highest BCUT2D eigenvalue weighted by Gasteiger charge is 2.19. The summed E-state index contributed by atoms with van der Waals surface area (Å²) < 4.78 is 1.92.